The minimum absolute atomic E-state index is 0.236. The quantitative estimate of drug-likeness (QED) is 0.368. The first-order valence-corrected chi connectivity index (χ1v) is 9.81. The zero-order valence-electron chi connectivity index (χ0n) is 18.1. The van der Waals surface area contributed by atoms with Crippen molar-refractivity contribution in [1.29, 1.82) is 10.5 Å². The number of rotatable bonds is 4. The topological polar surface area (TPSA) is 88.0 Å². The number of hydrogen-bond acceptors (Lipinski definition) is 4. The molecule has 0 unspecified atom stereocenters. The van der Waals surface area contributed by atoms with E-state index in [0.717, 1.165) is 33.4 Å². The lowest BCUT2D eigenvalue weighted by molar-refractivity contribution is 0.474. The van der Waals surface area contributed by atoms with Crippen LogP contribution in [0, 0.1) is 36.5 Å². The monoisotopic (exact) mass is 420 g/mol. The van der Waals surface area contributed by atoms with Crippen LogP contribution in [0.1, 0.15) is 22.3 Å². The fourth-order valence-corrected chi connectivity index (χ4v) is 3.03. The SMILES string of the molecule is C=C(C#N)/C=C\C(=C)c1ccc(O)cc1C.Cc1cc(O)ccc1-c1ccc(C#N)cc1. The molecule has 4 heteroatoms. The van der Waals surface area contributed by atoms with Gasteiger partial charge >= 0.3 is 0 Å². The largest absolute Gasteiger partial charge is 0.508 e. The molecule has 0 heterocycles. The maximum atomic E-state index is 9.32. The Kier molecular flexibility index (Phi) is 8.17. The van der Waals surface area contributed by atoms with Crippen molar-refractivity contribution in [3.63, 3.8) is 0 Å². The molecule has 0 aliphatic heterocycles. The summed E-state index contributed by atoms with van der Waals surface area (Å²) in [4.78, 5) is 0. The number of phenolic OH excluding ortho intramolecular Hbond substituents is 2. The highest BCUT2D eigenvalue weighted by molar-refractivity contribution is 5.75. The summed E-state index contributed by atoms with van der Waals surface area (Å²) in [7, 11) is 0. The van der Waals surface area contributed by atoms with E-state index in [1.54, 1.807) is 54.6 Å². The Morgan fingerprint density at radius 2 is 1.41 bits per heavy atom. The number of nitriles is 2. The number of benzene rings is 3. The Bertz CT molecular complexity index is 1250. The third kappa shape index (κ3) is 6.49. The molecule has 4 nitrogen and oxygen atoms in total. The normalized spacial score (nSPS) is 9.88. The lowest BCUT2D eigenvalue weighted by Gasteiger charge is -2.06. The Morgan fingerprint density at radius 3 is 1.94 bits per heavy atom. The van der Waals surface area contributed by atoms with E-state index < -0.39 is 0 Å². The number of nitrogens with zero attached hydrogens (tertiary/aromatic N) is 2. The summed E-state index contributed by atoms with van der Waals surface area (Å²) in [6, 6.07) is 21.8. The number of allylic oxidation sites excluding steroid dienone is 4. The van der Waals surface area contributed by atoms with Crippen molar-refractivity contribution in [2.45, 2.75) is 13.8 Å². The molecule has 0 saturated carbocycles. The van der Waals surface area contributed by atoms with Crippen LogP contribution in [0.25, 0.3) is 16.7 Å². The number of aryl methyl sites for hydroxylation is 2. The highest BCUT2D eigenvalue weighted by Crippen LogP contribution is 2.26. The van der Waals surface area contributed by atoms with Crippen LogP contribution < -0.4 is 0 Å². The fourth-order valence-electron chi connectivity index (χ4n) is 3.03. The average molecular weight is 421 g/mol. The van der Waals surface area contributed by atoms with Crippen LogP contribution in [0.4, 0.5) is 0 Å². The standard InChI is InChI=1S/C14H11NO.C14H13NO/c1-10-8-13(16)6-7-14(10)12-4-2-11(9-15)3-5-12;1-10(9-15)4-5-11(2)14-7-6-13(16)8-12(14)3/h2-8,16H,1H3;4-8,16H,1-2H2,3H3/b;5-4-. The van der Waals surface area contributed by atoms with E-state index in [1.807, 2.05) is 38.1 Å². The van der Waals surface area contributed by atoms with E-state index in [9.17, 15) is 10.2 Å². The van der Waals surface area contributed by atoms with Gasteiger partial charge in [0, 0.05) is 5.57 Å². The average Bonchev–Trinajstić information content (AvgIpc) is 2.78. The summed E-state index contributed by atoms with van der Waals surface area (Å²) < 4.78 is 0. The maximum Gasteiger partial charge on any atom is 0.115 e. The van der Waals surface area contributed by atoms with E-state index in [4.69, 9.17) is 10.5 Å². The molecule has 0 atom stereocenters. The van der Waals surface area contributed by atoms with Crippen LogP contribution >= 0.6 is 0 Å². The van der Waals surface area contributed by atoms with E-state index in [1.165, 1.54) is 0 Å². The second-order valence-electron chi connectivity index (χ2n) is 7.18. The molecule has 0 bridgehead atoms. The summed E-state index contributed by atoms with van der Waals surface area (Å²) in [5, 5.41) is 35.8. The van der Waals surface area contributed by atoms with Gasteiger partial charge in [-0.1, -0.05) is 43.5 Å². The van der Waals surface area contributed by atoms with Gasteiger partial charge in [0.15, 0.2) is 0 Å². The van der Waals surface area contributed by atoms with Crippen molar-refractivity contribution in [3.05, 3.63) is 114 Å². The Hall–Kier alpha value is -4.54. The molecular formula is C28H24N2O2. The van der Waals surface area contributed by atoms with Gasteiger partial charge in [-0.3, -0.25) is 0 Å². The third-order valence-electron chi connectivity index (χ3n) is 4.72. The number of aromatic hydroxyl groups is 2. The van der Waals surface area contributed by atoms with Crippen molar-refractivity contribution in [3.8, 4) is 34.8 Å². The number of hydrogen-bond donors (Lipinski definition) is 2. The smallest absolute Gasteiger partial charge is 0.115 e. The van der Waals surface area contributed by atoms with Gasteiger partial charge < -0.3 is 10.2 Å². The zero-order chi connectivity index (χ0) is 23.7. The first kappa shape index (κ1) is 23.7. The summed E-state index contributed by atoms with van der Waals surface area (Å²) >= 11 is 0. The van der Waals surface area contributed by atoms with Gasteiger partial charge in [-0.05, 0) is 89.7 Å². The van der Waals surface area contributed by atoms with Gasteiger partial charge in [0.25, 0.3) is 0 Å². The Labute approximate surface area is 189 Å². The minimum atomic E-state index is 0.236. The molecule has 3 rings (SSSR count). The third-order valence-corrected chi connectivity index (χ3v) is 4.72. The van der Waals surface area contributed by atoms with Gasteiger partial charge in [-0.25, -0.2) is 0 Å². The van der Waals surface area contributed by atoms with Crippen LogP contribution in [0.5, 0.6) is 11.5 Å². The van der Waals surface area contributed by atoms with Crippen LogP contribution in [-0.4, -0.2) is 10.2 Å². The predicted molar refractivity (Wildman–Crippen MR) is 129 cm³/mol. The number of phenols is 2. The minimum Gasteiger partial charge on any atom is -0.508 e. The molecule has 0 spiro atoms. The lowest BCUT2D eigenvalue weighted by Crippen LogP contribution is -1.85. The van der Waals surface area contributed by atoms with E-state index in [0.29, 0.717) is 11.1 Å². The van der Waals surface area contributed by atoms with Gasteiger partial charge in [-0.2, -0.15) is 10.5 Å². The molecule has 0 aromatic heterocycles. The van der Waals surface area contributed by atoms with Gasteiger partial charge in [-0.15, -0.1) is 0 Å². The van der Waals surface area contributed by atoms with Crippen molar-refractivity contribution < 1.29 is 10.2 Å². The summed E-state index contributed by atoms with van der Waals surface area (Å²) in [6.07, 6.45) is 3.36. The maximum absolute atomic E-state index is 9.32. The molecule has 0 aliphatic rings. The van der Waals surface area contributed by atoms with Crippen LogP contribution in [0.15, 0.2) is 91.5 Å². The first-order valence-electron chi connectivity index (χ1n) is 9.81. The van der Waals surface area contributed by atoms with Crippen molar-refractivity contribution >= 4 is 5.57 Å². The van der Waals surface area contributed by atoms with Gasteiger partial charge in [0.1, 0.15) is 11.5 Å². The fraction of sp³-hybridized carbons (Fsp3) is 0.0714. The van der Waals surface area contributed by atoms with Gasteiger partial charge in [0.05, 0.1) is 17.7 Å². The predicted octanol–water partition coefficient (Wildman–Crippen LogP) is 6.59. The van der Waals surface area contributed by atoms with Crippen LogP contribution in [-0.2, 0) is 0 Å². The van der Waals surface area contributed by atoms with E-state index >= 15 is 0 Å². The van der Waals surface area contributed by atoms with E-state index in [2.05, 4.69) is 19.2 Å². The molecule has 0 radical (unpaired) electrons. The van der Waals surface area contributed by atoms with E-state index in [-0.39, 0.29) is 11.5 Å². The second kappa shape index (κ2) is 11.0. The molecule has 3 aromatic rings. The molecule has 0 aliphatic carbocycles. The highest BCUT2D eigenvalue weighted by atomic mass is 16.3. The highest BCUT2D eigenvalue weighted by Gasteiger charge is 2.03. The molecule has 32 heavy (non-hydrogen) atoms. The zero-order valence-corrected chi connectivity index (χ0v) is 18.1. The molecule has 2 N–H and O–H groups in total. The molecule has 0 fully saturated rings. The molecule has 158 valence electrons. The Morgan fingerprint density at radius 1 is 0.812 bits per heavy atom. The van der Waals surface area contributed by atoms with Crippen LogP contribution in [0.3, 0.4) is 0 Å². The van der Waals surface area contributed by atoms with Crippen LogP contribution in [0.2, 0.25) is 0 Å². The van der Waals surface area contributed by atoms with Crippen molar-refractivity contribution in [1.82, 2.24) is 0 Å². The summed E-state index contributed by atoms with van der Waals surface area (Å²) in [6.45, 7) is 11.3. The molecular weight excluding hydrogens is 396 g/mol. The summed E-state index contributed by atoms with van der Waals surface area (Å²) in [5.74, 6) is 0.509. The summed E-state index contributed by atoms with van der Waals surface area (Å²) in [5.41, 5.74) is 6.85. The lowest BCUT2D eigenvalue weighted by atomic mass is 9.99. The van der Waals surface area contributed by atoms with Crippen molar-refractivity contribution in [2.24, 2.45) is 0 Å². The second-order valence-corrected chi connectivity index (χ2v) is 7.18. The van der Waals surface area contributed by atoms with Gasteiger partial charge in [0.2, 0.25) is 0 Å². The molecule has 0 saturated heterocycles. The molecule has 0 amide bonds. The molecule has 3 aromatic carbocycles. The Balaban J connectivity index is 0.000000227. The first-order chi connectivity index (χ1) is 15.2. The van der Waals surface area contributed by atoms with Crippen molar-refractivity contribution in [2.75, 3.05) is 0 Å².